The predicted molar refractivity (Wildman–Crippen MR) is 80.5 cm³/mol. The maximum Gasteiger partial charge on any atom is 0.311 e. The minimum atomic E-state index is -0.811. The number of nitrogens with zero attached hydrogens (tertiary/aromatic N) is 1. The molecule has 124 valence electrons. The van der Waals surface area contributed by atoms with Crippen LogP contribution >= 0.6 is 0 Å². The summed E-state index contributed by atoms with van der Waals surface area (Å²) in [5.41, 5.74) is -0.797. The summed E-state index contributed by atoms with van der Waals surface area (Å²) < 4.78 is 18.7. The largest absolute Gasteiger partial charge is 0.481 e. The van der Waals surface area contributed by atoms with Gasteiger partial charge in [0, 0.05) is 19.2 Å². The average molecular weight is 321 g/mol. The number of hydrogen-bond acceptors (Lipinski definition) is 3. The van der Waals surface area contributed by atoms with Crippen LogP contribution in [-0.2, 0) is 9.59 Å². The zero-order valence-electron chi connectivity index (χ0n) is 13.0. The SMILES string of the molecule is CC(Oc1cccc(F)c1)C(=O)N1C[C@@H]2CCC[C@@]2(C(=O)O)C1. The van der Waals surface area contributed by atoms with Crippen molar-refractivity contribution in [2.45, 2.75) is 32.3 Å². The van der Waals surface area contributed by atoms with E-state index in [-0.39, 0.29) is 24.1 Å². The van der Waals surface area contributed by atoms with Crippen LogP contribution in [0.4, 0.5) is 4.39 Å². The molecule has 3 rings (SSSR count). The van der Waals surface area contributed by atoms with Crippen molar-refractivity contribution < 1.29 is 23.8 Å². The molecule has 0 radical (unpaired) electrons. The van der Waals surface area contributed by atoms with Gasteiger partial charge in [-0.1, -0.05) is 12.5 Å². The monoisotopic (exact) mass is 321 g/mol. The highest BCUT2D eigenvalue weighted by Crippen LogP contribution is 2.49. The zero-order chi connectivity index (χ0) is 16.6. The lowest BCUT2D eigenvalue weighted by atomic mass is 9.81. The fraction of sp³-hybridized carbons (Fsp3) is 0.529. The third-order valence-electron chi connectivity index (χ3n) is 5.07. The smallest absolute Gasteiger partial charge is 0.311 e. The van der Waals surface area contributed by atoms with Gasteiger partial charge in [0.2, 0.25) is 0 Å². The van der Waals surface area contributed by atoms with Crippen LogP contribution in [0, 0.1) is 17.2 Å². The molecule has 1 aromatic rings. The third kappa shape index (κ3) is 2.78. The summed E-state index contributed by atoms with van der Waals surface area (Å²) >= 11 is 0. The summed E-state index contributed by atoms with van der Waals surface area (Å²) in [5.74, 6) is -1.18. The number of rotatable bonds is 4. The fourth-order valence-electron chi connectivity index (χ4n) is 3.86. The standard InChI is InChI=1S/C17H20FNO4/c1-11(23-14-6-2-5-13(18)8-14)15(20)19-9-12-4-3-7-17(12,10-19)16(21)22/h2,5-6,8,11-12H,3-4,7,9-10H2,1H3,(H,21,22)/t11?,12-,17+/m0/s1. The van der Waals surface area contributed by atoms with E-state index in [0.717, 1.165) is 12.8 Å². The van der Waals surface area contributed by atoms with Crippen molar-refractivity contribution in [3.63, 3.8) is 0 Å². The first kappa shape index (κ1) is 15.8. The Balaban J connectivity index is 1.68. The van der Waals surface area contributed by atoms with Crippen LogP contribution in [0.3, 0.4) is 0 Å². The maximum absolute atomic E-state index is 13.2. The van der Waals surface area contributed by atoms with E-state index in [9.17, 15) is 19.1 Å². The van der Waals surface area contributed by atoms with Gasteiger partial charge in [-0.05, 0) is 37.8 Å². The van der Waals surface area contributed by atoms with E-state index in [1.165, 1.54) is 18.2 Å². The van der Waals surface area contributed by atoms with Gasteiger partial charge in [-0.15, -0.1) is 0 Å². The van der Waals surface area contributed by atoms with Gasteiger partial charge in [0.25, 0.3) is 5.91 Å². The van der Waals surface area contributed by atoms with Gasteiger partial charge < -0.3 is 14.7 Å². The van der Waals surface area contributed by atoms with Crippen LogP contribution in [0.1, 0.15) is 26.2 Å². The van der Waals surface area contributed by atoms with Crippen molar-refractivity contribution in [2.75, 3.05) is 13.1 Å². The molecule has 1 aliphatic heterocycles. The maximum atomic E-state index is 13.2. The molecule has 6 heteroatoms. The number of fused-ring (bicyclic) bond motifs is 1. The second kappa shape index (κ2) is 5.83. The van der Waals surface area contributed by atoms with E-state index in [1.807, 2.05) is 0 Å². The lowest BCUT2D eigenvalue weighted by Crippen LogP contribution is -2.42. The molecule has 2 aliphatic rings. The van der Waals surface area contributed by atoms with Gasteiger partial charge in [0.05, 0.1) is 5.41 Å². The molecule has 1 saturated carbocycles. The first-order valence-corrected chi connectivity index (χ1v) is 7.87. The summed E-state index contributed by atoms with van der Waals surface area (Å²) in [6.07, 6.45) is 1.58. The van der Waals surface area contributed by atoms with Crippen LogP contribution in [-0.4, -0.2) is 41.1 Å². The van der Waals surface area contributed by atoms with Gasteiger partial charge in [-0.25, -0.2) is 4.39 Å². The molecular formula is C17H20FNO4. The van der Waals surface area contributed by atoms with Gasteiger partial charge in [0.15, 0.2) is 6.10 Å². The van der Waals surface area contributed by atoms with E-state index in [1.54, 1.807) is 17.9 Å². The highest BCUT2D eigenvalue weighted by Gasteiger charge is 2.56. The summed E-state index contributed by atoms with van der Waals surface area (Å²) in [4.78, 5) is 25.8. The molecule has 0 bridgehead atoms. The Bertz CT molecular complexity index is 635. The van der Waals surface area contributed by atoms with E-state index in [4.69, 9.17) is 4.74 Å². The number of carboxylic acids is 1. The number of halogens is 1. The quantitative estimate of drug-likeness (QED) is 0.924. The number of hydrogen-bond donors (Lipinski definition) is 1. The molecule has 0 spiro atoms. The molecule has 3 atom stereocenters. The molecule has 1 aromatic carbocycles. The second-order valence-corrected chi connectivity index (χ2v) is 6.49. The Morgan fingerprint density at radius 3 is 2.91 bits per heavy atom. The number of carbonyl (C=O) groups excluding carboxylic acids is 1. The Kier molecular flexibility index (Phi) is 4.00. The third-order valence-corrected chi connectivity index (χ3v) is 5.07. The molecule has 1 heterocycles. The van der Waals surface area contributed by atoms with Crippen molar-refractivity contribution in [2.24, 2.45) is 11.3 Å². The van der Waals surface area contributed by atoms with Crippen LogP contribution in [0.15, 0.2) is 24.3 Å². The number of likely N-dealkylation sites (tertiary alicyclic amines) is 1. The number of benzene rings is 1. The highest BCUT2D eigenvalue weighted by molar-refractivity contribution is 5.84. The molecule has 1 aliphatic carbocycles. The van der Waals surface area contributed by atoms with E-state index < -0.39 is 23.3 Å². The number of carboxylic acid groups (broad SMARTS) is 1. The average Bonchev–Trinajstić information content (AvgIpc) is 3.04. The number of amides is 1. The van der Waals surface area contributed by atoms with E-state index >= 15 is 0 Å². The van der Waals surface area contributed by atoms with E-state index in [2.05, 4.69) is 0 Å². The topological polar surface area (TPSA) is 66.8 Å². The Labute approximate surface area is 134 Å². The normalized spacial score (nSPS) is 27.6. The molecule has 23 heavy (non-hydrogen) atoms. The van der Waals surface area contributed by atoms with Gasteiger partial charge in [0.1, 0.15) is 11.6 Å². The Morgan fingerprint density at radius 2 is 2.26 bits per heavy atom. The molecule has 2 fully saturated rings. The van der Waals surface area contributed by atoms with Gasteiger partial charge in [-0.3, -0.25) is 9.59 Å². The van der Waals surface area contributed by atoms with Crippen molar-refractivity contribution >= 4 is 11.9 Å². The summed E-state index contributed by atoms with van der Waals surface area (Å²) in [5, 5.41) is 9.57. The molecule has 1 amide bonds. The molecule has 1 N–H and O–H groups in total. The molecule has 1 unspecified atom stereocenters. The van der Waals surface area contributed by atoms with Crippen molar-refractivity contribution in [3.8, 4) is 5.75 Å². The minimum absolute atomic E-state index is 0.0188. The second-order valence-electron chi connectivity index (χ2n) is 6.49. The Hall–Kier alpha value is -2.11. The predicted octanol–water partition coefficient (Wildman–Crippen LogP) is 2.31. The summed E-state index contributed by atoms with van der Waals surface area (Å²) in [6.45, 7) is 2.31. The minimum Gasteiger partial charge on any atom is -0.481 e. The number of carbonyl (C=O) groups is 2. The van der Waals surface area contributed by atoms with Crippen molar-refractivity contribution in [3.05, 3.63) is 30.1 Å². The lowest BCUT2D eigenvalue weighted by molar-refractivity contribution is -0.150. The van der Waals surface area contributed by atoms with Crippen molar-refractivity contribution in [1.29, 1.82) is 0 Å². The van der Waals surface area contributed by atoms with Crippen LogP contribution < -0.4 is 4.74 Å². The van der Waals surface area contributed by atoms with Gasteiger partial charge >= 0.3 is 5.97 Å². The lowest BCUT2D eigenvalue weighted by Gasteiger charge is -2.25. The van der Waals surface area contributed by atoms with Gasteiger partial charge in [-0.2, -0.15) is 0 Å². The first-order valence-electron chi connectivity index (χ1n) is 7.87. The zero-order valence-corrected chi connectivity index (χ0v) is 13.0. The molecular weight excluding hydrogens is 301 g/mol. The molecule has 0 aromatic heterocycles. The number of ether oxygens (including phenoxy) is 1. The van der Waals surface area contributed by atoms with Crippen LogP contribution in [0.25, 0.3) is 0 Å². The fourth-order valence-corrected chi connectivity index (χ4v) is 3.86. The summed E-state index contributed by atoms with van der Waals surface area (Å²) in [6, 6.07) is 5.63. The highest BCUT2D eigenvalue weighted by atomic mass is 19.1. The first-order chi connectivity index (χ1) is 10.9. The molecule has 1 saturated heterocycles. The van der Waals surface area contributed by atoms with Crippen molar-refractivity contribution in [1.82, 2.24) is 4.90 Å². The number of aliphatic carboxylic acids is 1. The van der Waals surface area contributed by atoms with E-state index in [0.29, 0.717) is 13.0 Å². The Morgan fingerprint density at radius 1 is 1.48 bits per heavy atom. The summed E-state index contributed by atoms with van der Waals surface area (Å²) in [7, 11) is 0. The van der Waals surface area contributed by atoms with Crippen LogP contribution in [0.2, 0.25) is 0 Å². The van der Waals surface area contributed by atoms with Crippen LogP contribution in [0.5, 0.6) is 5.75 Å². The molecule has 5 nitrogen and oxygen atoms in total.